The van der Waals surface area contributed by atoms with Crippen LogP contribution in [0.15, 0.2) is 12.1 Å². The Morgan fingerprint density at radius 2 is 1.88 bits per heavy atom. The first kappa shape index (κ1) is 12.7. The van der Waals surface area contributed by atoms with Crippen LogP contribution >= 0.6 is 0 Å². The molecule has 0 saturated heterocycles. The van der Waals surface area contributed by atoms with Crippen LogP contribution in [0.3, 0.4) is 0 Å². The van der Waals surface area contributed by atoms with Crippen LogP contribution < -0.4 is 10.5 Å². The van der Waals surface area contributed by atoms with Crippen molar-refractivity contribution in [3.8, 4) is 5.75 Å². The summed E-state index contributed by atoms with van der Waals surface area (Å²) in [5.41, 5.74) is 5.66. The van der Waals surface area contributed by atoms with Crippen molar-refractivity contribution >= 4 is 5.69 Å². The van der Waals surface area contributed by atoms with Gasteiger partial charge in [-0.25, -0.2) is 4.39 Å². The van der Waals surface area contributed by atoms with Gasteiger partial charge in [0, 0.05) is 0 Å². The predicted octanol–water partition coefficient (Wildman–Crippen LogP) is 3.36. The van der Waals surface area contributed by atoms with Gasteiger partial charge in [-0.05, 0) is 31.4 Å². The third-order valence-corrected chi connectivity index (χ3v) is 2.20. The van der Waals surface area contributed by atoms with E-state index in [0.29, 0.717) is 5.92 Å². The van der Waals surface area contributed by atoms with Crippen molar-refractivity contribution in [1.82, 2.24) is 0 Å². The molecule has 0 aliphatic heterocycles. The monoisotopic (exact) mass is 229 g/mol. The van der Waals surface area contributed by atoms with E-state index < -0.39 is 11.6 Å². The Hall–Kier alpha value is -1.32. The summed E-state index contributed by atoms with van der Waals surface area (Å²) >= 11 is 0. The second-order valence-electron chi connectivity index (χ2n) is 4.34. The van der Waals surface area contributed by atoms with Crippen LogP contribution in [0, 0.1) is 17.6 Å². The molecule has 1 aromatic carbocycles. The van der Waals surface area contributed by atoms with Gasteiger partial charge in [-0.1, -0.05) is 13.8 Å². The Morgan fingerprint density at radius 3 is 2.44 bits per heavy atom. The molecule has 2 N–H and O–H groups in total. The maximum absolute atomic E-state index is 13.4. The van der Waals surface area contributed by atoms with Crippen molar-refractivity contribution in [2.24, 2.45) is 5.92 Å². The van der Waals surface area contributed by atoms with Crippen molar-refractivity contribution in [2.75, 3.05) is 5.73 Å². The molecule has 4 heteroatoms. The summed E-state index contributed by atoms with van der Waals surface area (Å²) in [6, 6.07) is 2.29. The van der Waals surface area contributed by atoms with Crippen molar-refractivity contribution in [1.29, 1.82) is 0 Å². The van der Waals surface area contributed by atoms with Gasteiger partial charge >= 0.3 is 0 Å². The van der Waals surface area contributed by atoms with Crippen LogP contribution in [-0.4, -0.2) is 6.10 Å². The Bertz CT molecular complexity index is 366. The SMILES string of the molecule is CC(C)CC(C)Oc1c(N)ccc(F)c1F. The van der Waals surface area contributed by atoms with Gasteiger partial charge in [-0.2, -0.15) is 4.39 Å². The number of nitrogens with two attached hydrogens (primary N) is 1. The molecule has 1 aromatic rings. The van der Waals surface area contributed by atoms with Gasteiger partial charge in [0.2, 0.25) is 5.82 Å². The fraction of sp³-hybridized carbons (Fsp3) is 0.500. The summed E-state index contributed by atoms with van der Waals surface area (Å²) in [6.07, 6.45) is 0.564. The van der Waals surface area contributed by atoms with Gasteiger partial charge in [0.05, 0.1) is 11.8 Å². The van der Waals surface area contributed by atoms with Crippen LogP contribution in [0.1, 0.15) is 27.2 Å². The third-order valence-electron chi connectivity index (χ3n) is 2.20. The average molecular weight is 229 g/mol. The number of rotatable bonds is 4. The number of anilines is 1. The summed E-state index contributed by atoms with van der Waals surface area (Å²) in [6.45, 7) is 5.88. The normalized spacial score (nSPS) is 12.9. The van der Waals surface area contributed by atoms with E-state index in [1.807, 2.05) is 20.8 Å². The highest BCUT2D eigenvalue weighted by molar-refractivity contribution is 5.53. The fourth-order valence-electron chi connectivity index (χ4n) is 1.58. The van der Waals surface area contributed by atoms with Gasteiger partial charge < -0.3 is 10.5 Å². The van der Waals surface area contributed by atoms with E-state index in [4.69, 9.17) is 10.5 Å². The molecule has 1 rings (SSSR count). The van der Waals surface area contributed by atoms with E-state index in [1.54, 1.807) is 0 Å². The molecular formula is C12H17F2NO. The minimum atomic E-state index is -1.02. The van der Waals surface area contributed by atoms with Crippen molar-refractivity contribution < 1.29 is 13.5 Å². The van der Waals surface area contributed by atoms with Crippen molar-refractivity contribution in [3.05, 3.63) is 23.8 Å². The average Bonchev–Trinajstić information content (AvgIpc) is 2.17. The highest BCUT2D eigenvalue weighted by Crippen LogP contribution is 2.28. The summed E-state index contributed by atoms with van der Waals surface area (Å²) < 4.78 is 31.7. The molecular weight excluding hydrogens is 212 g/mol. The van der Waals surface area contributed by atoms with Crippen LogP contribution in [0.5, 0.6) is 5.75 Å². The van der Waals surface area contributed by atoms with Crippen LogP contribution in [0.2, 0.25) is 0 Å². The summed E-state index contributed by atoms with van der Waals surface area (Å²) in [4.78, 5) is 0. The number of halogens is 2. The molecule has 0 saturated carbocycles. The first-order valence-electron chi connectivity index (χ1n) is 5.32. The second kappa shape index (κ2) is 5.14. The first-order chi connectivity index (χ1) is 7.41. The van der Waals surface area contributed by atoms with Crippen LogP contribution in [-0.2, 0) is 0 Å². The molecule has 1 unspecified atom stereocenters. The summed E-state index contributed by atoms with van der Waals surface area (Å²) in [7, 11) is 0. The Morgan fingerprint density at radius 1 is 1.25 bits per heavy atom. The molecule has 0 aliphatic rings. The van der Waals surface area contributed by atoms with E-state index >= 15 is 0 Å². The largest absolute Gasteiger partial charge is 0.485 e. The smallest absolute Gasteiger partial charge is 0.202 e. The zero-order valence-electron chi connectivity index (χ0n) is 9.76. The molecule has 0 amide bonds. The fourth-order valence-corrected chi connectivity index (χ4v) is 1.58. The molecule has 2 nitrogen and oxygen atoms in total. The lowest BCUT2D eigenvalue weighted by atomic mass is 10.1. The van der Waals surface area contributed by atoms with Crippen LogP contribution in [0.4, 0.5) is 14.5 Å². The van der Waals surface area contributed by atoms with E-state index in [2.05, 4.69) is 0 Å². The van der Waals surface area contributed by atoms with Gasteiger partial charge in [0.25, 0.3) is 0 Å². The Balaban J connectivity index is 2.84. The minimum Gasteiger partial charge on any atom is -0.485 e. The molecule has 0 spiro atoms. The Kier molecular flexibility index (Phi) is 4.10. The van der Waals surface area contributed by atoms with Crippen LogP contribution in [0.25, 0.3) is 0 Å². The molecule has 0 bridgehead atoms. The van der Waals surface area contributed by atoms with Gasteiger partial charge in [0.1, 0.15) is 0 Å². The number of nitrogen functional groups attached to an aromatic ring is 1. The predicted molar refractivity (Wildman–Crippen MR) is 60.3 cm³/mol. The molecule has 1 atom stereocenters. The maximum Gasteiger partial charge on any atom is 0.202 e. The molecule has 0 heterocycles. The molecule has 0 aliphatic carbocycles. The standard InChI is InChI=1S/C12H17F2NO/c1-7(2)6-8(3)16-12-10(15)5-4-9(13)11(12)14/h4-5,7-8H,6,15H2,1-3H3. The summed E-state index contributed by atoms with van der Waals surface area (Å²) in [5.74, 6) is -1.72. The molecule has 16 heavy (non-hydrogen) atoms. The Labute approximate surface area is 94.4 Å². The molecule has 0 fully saturated rings. The van der Waals surface area contributed by atoms with Gasteiger partial charge in [-0.3, -0.25) is 0 Å². The molecule has 90 valence electrons. The number of hydrogen-bond donors (Lipinski definition) is 1. The zero-order valence-corrected chi connectivity index (χ0v) is 9.76. The van der Waals surface area contributed by atoms with Gasteiger partial charge in [0.15, 0.2) is 11.6 Å². The highest BCUT2D eigenvalue weighted by atomic mass is 19.2. The zero-order chi connectivity index (χ0) is 12.3. The molecule has 0 radical (unpaired) electrons. The lowest BCUT2D eigenvalue weighted by Gasteiger charge is -2.18. The second-order valence-corrected chi connectivity index (χ2v) is 4.34. The number of ether oxygens (including phenoxy) is 1. The topological polar surface area (TPSA) is 35.2 Å². The number of hydrogen-bond acceptors (Lipinski definition) is 2. The van der Waals surface area contributed by atoms with E-state index in [0.717, 1.165) is 12.5 Å². The quantitative estimate of drug-likeness (QED) is 0.803. The number of benzene rings is 1. The minimum absolute atomic E-state index is 0.120. The lowest BCUT2D eigenvalue weighted by molar-refractivity contribution is 0.184. The first-order valence-corrected chi connectivity index (χ1v) is 5.32. The van der Waals surface area contributed by atoms with E-state index in [1.165, 1.54) is 6.07 Å². The van der Waals surface area contributed by atoms with Gasteiger partial charge in [-0.15, -0.1) is 0 Å². The molecule has 0 aromatic heterocycles. The maximum atomic E-state index is 13.4. The lowest BCUT2D eigenvalue weighted by Crippen LogP contribution is -2.16. The van der Waals surface area contributed by atoms with E-state index in [9.17, 15) is 8.78 Å². The highest BCUT2D eigenvalue weighted by Gasteiger charge is 2.16. The van der Waals surface area contributed by atoms with E-state index in [-0.39, 0.29) is 17.5 Å². The van der Waals surface area contributed by atoms with Crippen molar-refractivity contribution in [3.63, 3.8) is 0 Å². The van der Waals surface area contributed by atoms with Crippen molar-refractivity contribution in [2.45, 2.75) is 33.3 Å². The third kappa shape index (κ3) is 3.08. The summed E-state index contributed by atoms with van der Waals surface area (Å²) in [5, 5.41) is 0.